The lowest BCUT2D eigenvalue weighted by molar-refractivity contribution is 0.357. The van der Waals surface area contributed by atoms with E-state index in [0.717, 1.165) is 13.4 Å². The maximum atomic E-state index is 6.17. The van der Waals surface area contributed by atoms with Crippen LogP contribution in [0.1, 0.15) is 0 Å². The van der Waals surface area contributed by atoms with Gasteiger partial charge in [0.05, 0.1) is 53.7 Å². The van der Waals surface area contributed by atoms with Gasteiger partial charge in [-0.25, -0.2) is 0 Å². The third-order valence-corrected chi connectivity index (χ3v) is 22.7. The molecule has 0 aliphatic carbocycles. The fraction of sp³-hybridized carbons (Fsp3) is 0. The van der Waals surface area contributed by atoms with Gasteiger partial charge in [0.1, 0.15) is 0 Å². The van der Waals surface area contributed by atoms with Crippen molar-refractivity contribution < 1.29 is 14.2 Å². The first-order valence-electron chi connectivity index (χ1n) is 9.90. The van der Waals surface area contributed by atoms with E-state index < -0.39 is 0 Å². The highest BCUT2D eigenvalue weighted by atomic mass is 79.9. The first-order valence-corrected chi connectivity index (χ1v) is 21.8. The highest BCUT2D eigenvalue weighted by Gasteiger charge is 2.26. The van der Waals surface area contributed by atoms with E-state index in [0.29, 0.717) is 70.9 Å². The Bertz CT molecular complexity index is 1480. The van der Waals surface area contributed by atoms with Crippen molar-refractivity contribution in [1.29, 1.82) is 0 Å². The second kappa shape index (κ2) is 15.9. The quantitative estimate of drug-likeness (QED) is 0.142. The lowest BCUT2D eigenvalue weighted by Gasteiger charge is -2.17. The molecule has 0 radical (unpaired) electrons. The second-order valence-corrected chi connectivity index (χ2v) is 19.1. The van der Waals surface area contributed by atoms with Crippen LogP contribution < -0.4 is 14.2 Å². The van der Waals surface area contributed by atoms with E-state index in [1.54, 1.807) is 0 Å². The summed E-state index contributed by atoms with van der Waals surface area (Å²) >= 11 is 53.2. The van der Waals surface area contributed by atoms with E-state index in [9.17, 15) is 0 Å². The molecule has 0 N–H and O–H groups in total. The van der Waals surface area contributed by atoms with Crippen LogP contribution in [0, 0.1) is 0 Å². The summed E-state index contributed by atoms with van der Waals surface area (Å²) in [6.45, 7) is 0. The van der Waals surface area contributed by atoms with Gasteiger partial charge in [0.25, 0.3) is 0 Å². The number of hydrogen-bond donors (Lipinski definition) is 0. The number of halogens is 15. The van der Waals surface area contributed by atoms with Gasteiger partial charge in [-0.15, -0.1) is 15.0 Å². The average molecular weight is 1540 g/mol. The predicted octanol–water partition coefficient (Wildman–Crippen LogP) is 16.7. The molecule has 0 atom stereocenters. The Morgan fingerprint density at radius 1 is 0.238 bits per heavy atom. The van der Waals surface area contributed by atoms with Gasteiger partial charge in [-0.3, -0.25) is 0 Å². The number of rotatable bonds is 6. The topological polar surface area (TPSA) is 66.4 Å². The molecule has 4 rings (SSSR count). The van der Waals surface area contributed by atoms with Crippen LogP contribution in [0.3, 0.4) is 0 Å². The van der Waals surface area contributed by atoms with Crippen molar-refractivity contribution in [3.05, 3.63) is 67.1 Å². The van der Waals surface area contributed by atoms with Crippen molar-refractivity contribution >= 4 is 239 Å². The summed E-state index contributed by atoms with van der Waals surface area (Å²) in [6.07, 6.45) is 0. The van der Waals surface area contributed by atoms with Crippen LogP contribution in [0.25, 0.3) is 0 Å². The van der Waals surface area contributed by atoms with Crippen molar-refractivity contribution in [2.45, 2.75) is 0 Å². The molecule has 0 bridgehead atoms. The molecule has 0 unspecified atom stereocenters. The first kappa shape index (κ1) is 38.1. The van der Waals surface area contributed by atoms with E-state index in [2.05, 4.69) is 254 Å². The molecule has 0 saturated heterocycles. The maximum absolute atomic E-state index is 6.17. The van der Waals surface area contributed by atoms with Gasteiger partial charge >= 0.3 is 18.0 Å². The monoisotopic (exact) mass is 1530 g/mol. The summed E-state index contributed by atoms with van der Waals surface area (Å²) in [5, 5.41) is 0. The molecule has 0 spiro atoms. The van der Waals surface area contributed by atoms with E-state index >= 15 is 0 Å². The summed E-state index contributed by atoms with van der Waals surface area (Å²) in [5.74, 6) is 1.11. The zero-order valence-electron chi connectivity index (χ0n) is 18.7. The Kier molecular flexibility index (Phi) is 14.4. The van der Waals surface area contributed by atoms with Gasteiger partial charge in [-0.2, -0.15) is 0 Å². The fourth-order valence-corrected chi connectivity index (χ4v) is 12.3. The second-order valence-electron chi connectivity index (χ2n) is 7.19. The van der Waals surface area contributed by atoms with Crippen LogP contribution in [-0.2, 0) is 0 Å². The normalized spacial score (nSPS) is 11.2. The minimum Gasteiger partial charge on any atom is -0.422 e. The van der Waals surface area contributed by atoms with Gasteiger partial charge in [0, 0.05) is 13.4 Å². The van der Waals surface area contributed by atoms with Gasteiger partial charge in [0.2, 0.25) is 0 Å². The van der Waals surface area contributed by atoms with Crippen LogP contribution in [-0.4, -0.2) is 15.0 Å². The Morgan fingerprint density at radius 3 is 0.548 bits per heavy atom. The zero-order chi connectivity index (χ0) is 31.4. The summed E-state index contributed by atoms with van der Waals surface area (Å²) in [6, 6.07) is -0.368. The Balaban J connectivity index is 1.90. The molecule has 21 heteroatoms. The number of aromatic nitrogens is 3. The highest BCUT2D eigenvalue weighted by Crippen LogP contribution is 2.53. The molecule has 3 aromatic carbocycles. The van der Waals surface area contributed by atoms with Crippen molar-refractivity contribution in [2.24, 2.45) is 0 Å². The van der Waals surface area contributed by atoms with Gasteiger partial charge in [-0.05, 0) is 239 Å². The van der Waals surface area contributed by atoms with Crippen molar-refractivity contribution in [2.75, 3.05) is 0 Å². The minimum absolute atomic E-state index is 0.123. The van der Waals surface area contributed by atoms with Crippen LogP contribution in [0.2, 0.25) is 0 Å². The SMILES string of the molecule is Brc1c(Br)c(Br)c(Oc2nc(Oc3c(Br)c(Br)c(Br)c(Br)c3Br)nc(Oc3c(Br)c(Br)c(Br)c(Br)c3Br)n2)c(Br)c1Br. The average Bonchev–Trinajstić information content (AvgIpc) is 2.97. The summed E-state index contributed by atoms with van der Waals surface area (Å²) in [7, 11) is 0. The molecular weight excluding hydrogens is 1540 g/mol. The number of benzene rings is 3. The zero-order valence-corrected chi connectivity index (χ0v) is 42.5. The van der Waals surface area contributed by atoms with Crippen LogP contribution in [0.5, 0.6) is 35.3 Å². The molecule has 1 heterocycles. The molecule has 0 aliphatic heterocycles. The van der Waals surface area contributed by atoms with Crippen molar-refractivity contribution in [3.8, 4) is 35.3 Å². The summed E-state index contributed by atoms with van der Waals surface area (Å²) in [4.78, 5) is 13.3. The van der Waals surface area contributed by atoms with Gasteiger partial charge in [0.15, 0.2) is 17.2 Å². The molecule has 0 amide bonds. The van der Waals surface area contributed by atoms with Gasteiger partial charge < -0.3 is 14.2 Å². The number of hydrogen-bond acceptors (Lipinski definition) is 6. The smallest absolute Gasteiger partial charge is 0.331 e. The molecule has 6 nitrogen and oxygen atoms in total. The highest BCUT2D eigenvalue weighted by molar-refractivity contribution is 9.17. The van der Waals surface area contributed by atoms with E-state index in [1.807, 2.05) is 0 Å². The molecule has 0 saturated carbocycles. The summed E-state index contributed by atoms with van der Waals surface area (Å²) < 4.78 is 28.5. The molecular formula is C21Br15N3O3. The third kappa shape index (κ3) is 7.85. The van der Waals surface area contributed by atoms with E-state index in [1.165, 1.54) is 0 Å². The lowest BCUT2D eigenvalue weighted by atomic mass is 10.3. The Labute approximate surface area is 364 Å². The lowest BCUT2D eigenvalue weighted by Crippen LogP contribution is -2.03. The van der Waals surface area contributed by atoms with Crippen molar-refractivity contribution in [1.82, 2.24) is 15.0 Å². The van der Waals surface area contributed by atoms with Gasteiger partial charge in [-0.1, -0.05) is 0 Å². The minimum atomic E-state index is -0.123. The first-order chi connectivity index (χ1) is 19.6. The third-order valence-electron chi connectivity index (χ3n) is 4.66. The molecule has 222 valence electrons. The Morgan fingerprint density at radius 2 is 0.381 bits per heavy atom. The van der Waals surface area contributed by atoms with Crippen molar-refractivity contribution in [3.63, 3.8) is 0 Å². The van der Waals surface area contributed by atoms with Crippen LogP contribution in [0.4, 0.5) is 0 Å². The van der Waals surface area contributed by atoms with E-state index in [4.69, 9.17) is 14.2 Å². The molecule has 1 aromatic heterocycles. The number of nitrogens with zero attached hydrogens (tertiary/aromatic N) is 3. The Hall–Kier alpha value is 3.27. The van der Waals surface area contributed by atoms with Crippen LogP contribution >= 0.6 is 239 Å². The number of ether oxygens (including phenoxy) is 3. The molecule has 42 heavy (non-hydrogen) atoms. The fourth-order valence-electron chi connectivity index (χ4n) is 2.75. The standard InChI is InChI=1S/C21Br15N3O3/c22-1-4(25)10(31)16(11(32)5(1)26)40-19-37-20(41-17-12(33)6(27)2(23)7(28)13(17)34)39-21(38-19)42-18-14(35)8(29)3(24)9(30)15(18)36. The van der Waals surface area contributed by atoms with Crippen LogP contribution in [0.15, 0.2) is 67.1 Å². The molecule has 0 fully saturated rings. The van der Waals surface area contributed by atoms with E-state index in [-0.39, 0.29) is 18.0 Å². The summed E-state index contributed by atoms with van der Waals surface area (Å²) in [5.41, 5.74) is 0. The largest absolute Gasteiger partial charge is 0.422 e. The molecule has 4 aromatic rings. The molecule has 0 aliphatic rings. The predicted molar refractivity (Wildman–Crippen MR) is 215 cm³/mol. The maximum Gasteiger partial charge on any atom is 0.331 e.